The van der Waals surface area contributed by atoms with E-state index in [4.69, 9.17) is 23.2 Å². The summed E-state index contributed by atoms with van der Waals surface area (Å²) < 4.78 is 1.67. The number of benzene rings is 1. The summed E-state index contributed by atoms with van der Waals surface area (Å²) in [6, 6.07) is 3.76. The van der Waals surface area contributed by atoms with Crippen molar-refractivity contribution in [3.05, 3.63) is 52.0 Å². The average molecular weight is 518 g/mol. The number of H-pyrrole nitrogens is 1. The van der Waals surface area contributed by atoms with Gasteiger partial charge in [-0.2, -0.15) is 5.10 Å². The van der Waals surface area contributed by atoms with Crippen molar-refractivity contribution in [3.8, 4) is 0 Å². The summed E-state index contributed by atoms with van der Waals surface area (Å²) in [4.78, 5) is 30.8. The molecule has 4 rings (SSSR count). The van der Waals surface area contributed by atoms with Crippen LogP contribution in [0.4, 0.5) is 5.82 Å². The van der Waals surface area contributed by atoms with Gasteiger partial charge in [-0.1, -0.05) is 50.6 Å². The zero-order valence-electron chi connectivity index (χ0n) is 20.2. The van der Waals surface area contributed by atoms with E-state index in [-0.39, 0.29) is 34.1 Å². The molecule has 2 amide bonds. The Balaban J connectivity index is 1.48. The minimum absolute atomic E-state index is 0.118. The fraction of sp³-hybridized carbons (Fsp3) is 0.417. The number of likely N-dealkylation sites (tertiary alicyclic amines) is 1. The number of hydrogen-bond donors (Lipinski definition) is 3. The van der Waals surface area contributed by atoms with E-state index >= 15 is 0 Å². The van der Waals surface area contributed by atoms with Gasteiger partial charge in [0.15, 0.2) is 11.0 Å². The van der Waals surface area contributed by atoms with Crippen LogP contribution in [-0.2, 0) is 23.8 Å². The molecule has 3 heterocycles. The van der Waals surface area contributed by atoms with Crippen LogP contribution in [0.15, 0.2) is 24.8 Å². The van der Waals surface area contributed by atoms with Crippen molar-refractivity contribution in [3.63, 3.8) is 0 Å². The van der Waals surface area contributed by atoms with Crippen LogP contribution in [0, 0.1) is 0 Å². The number of halogens is 2. The summed E-state index contributed by atoms with van der Waals surface area (Å²) in [6.45, 7) is 11.2. The second-order valence-corrected chi connectivity index (χ2v) is 10.5. The number of amides is 2. The zero-order valence-corrected chi connectivity index (χ0v) is 21.7. The van der Waals surface area contributed by atoms with Crippen molar-refractivity contribution in [1.82, 2.24) is 30.0 Å². The lowest BCUT2D eigenvalue weighted by Crippen LogP contribution is -2.39. The third kappa shape index (κ3) is 5.01. The highest BCUT2D eigenvalue weighted by Gasteiger charge is 2.29. The van der Waals surface area contributed by atoms with Crippen LogP contribution < -0.4 is 10.6 Å². The molecular formula is C24H29Cl2N7O2. The maximum absolute atomic E-state index is 12.9. The maximum Gasteiger partial charge on any atom is 0.271 e. The largest absolute Gasteiger partial charge is 0.361 e. The molecule has 186 valence electrons. The first-order valence-electron chi connectivity index (χ1n) is 11.3. The summed E-state index contributed by atoms with van der Waals surface area (Å²) in [7, 11) is 1.74. The molecule has 11 heteroatoms. The molecule has 0 spiro atoms. The summed E-state index contributed by atoms with van der Waals surface area (Å²) in [6.07, 6.45) is 1.95. The third-order valence-corrected chi connectivity index (χ3v) is 6.82. The van der Waals surface area contributed by atoms with Gasteiger partial charge in [0, 0.05) is 36.6 Å². The molecule has 1 aliphatic heterocycles. The SMILES string of the molecule is C=CC(=O)N1CCC(NC(=O)c2c(Cl)nc(CNc3n[nH]c4cc(Cl)c(C(C)(C)C)cc34)n2C)C1. The van der Waals surface area contributed by atoms with Crippen molar-refractivity contribution >= 4 is 51.7 Å². The first-order valence-corrected chi connectivity index (χ1v) is 12.1. The Morgan fingerprint density at radius 3 is 2.74 bits per heavy atom. The lowest BCUT2D eigenvalue weighted by molar-refractivity contribution is -0.125. The van der Waals surface area contributed by atoms with Crippen LogP contribution in [0.3, 0.4) is 0 Å². The fourth-order valence-corrected chi connectivity index (χ4v) is 5.04. The Morgan fingerprint density at radius 2 is 2.06 bits per heavy atom. The molecule has 0 aliphatic carbocycles. The number of aromatic nitrogens is 4. The van der Waals surface area contributed by atoms with Crippen LogP contribution in [-0.4, -0.2) is 55.6 Å². The lowest BCUT2D eigenvalue weighted by Gasteiger charge is -2.20. The van der Waals surface area contributed by atoms with Crippen LogP contribution in [0.1, 0.15) is 49.1 Å². The van der Waals surface area contributed by atoms with Crippen molar-refractivity contribution in [1.29, 1.82) is 0 Å². The van der Waals surface area contributed by atoms with Gasteiger partial charge in [-0.05, 0) is 35.6 Å². The van der Waals surface area contributed by atoms with Gasteiger partial charge in [0.2, 0.25) is 5.91 Å². The van der Waals surface area contributed by atoms with Gasteiger partial charge in [0.25, 0.3) is 5.91 Å². The molecule has 3 aromatic rings. The summed E-state index contributed by atoms with van der Waals surface area (Å²) in [5.41, 5.74) is 2.00. The van der Waals surface area contributed by atoms with Crippen LogP contribution in [0.2, 0.25) is 10.2 Å². The molecule has 1 unspecified atom stereocenters. The Bertz CT molecular complexity index is 1310. The van der Waals surface area contributed by atoms with Gasteiger partial charge in [-0.15, -0.1) is 0 Å². The van der Waals surface area contributed by atoms with Gasteiger partial charge < -0.3 is 20.1 Å². The summed E-state index contributed by atoms with van der Waals surface area (Å²) >= 11 is 12.8. The van der Waals surface area contributed by atoms with Crippen LogP contribution in [0.25, 0.3) is 10.9 Å². The predicted octanol–water partition coefficient (Wildman–Crippen LogP) is 4.03. The Morgan fingerprint density at radius 1 is 1.31 bits per heavy atom. The smallest absolute Gasteiger partial charge is 0.271 e. The standard InChI is InChI=1S/C24H29Cl2N7O2/c1-6-19(34)33-8-7-13(12-33)28-23(35)20-21(26)29-18(32(20)5)11-27-22-14-9-15(24(2,3)4)16(25)10-17(14)30-31-22/h6,9-10,13H,1,7-8,11-12H2,2-5H3,(H,28,35)(H2,27,30,31). The number of imidazole rings is 1. The summed E-state index contributed by atoms with van der Waals surface area (Å²) in [5, 5.41) is 15.3. The van der Waals surface area contributed by atoms with Crippen LogP contribution in [0.5, 0.6) is 0 Å². The number of nitrogens with one attached hydrogen (secondary N) is 3. The fourth-order valence-electron chi connectivity index (χ4n) is 4.28. The monoisotopic (exact) mass is 517 g/mol. The lowest BCUT2D eigenvalue weighted by atomic mass is 9.86. The molecule has 1 atom stereocenters. The molecule has 0 bridgehead atoms. The van der Waals surface area contributed by atoms with E-state index in [9.17, 15) is 9.59 Å². The molecule has 0 radical (unpaired) electrons. The van der Waals surface area contributed by atoms with Crippen molar-refractivity contribution < 1.29 is 9.59 Å². The highest BCUT2D eigenvalue weighted by atomic mass is 35.5. The van der Waals surface area contributed by atoms with Crippen molar-refractivity contribution in [2.24, 2.45) is 7.05 Å². The highest BCUT2D eigenvalue weighted by Crippen LogP contribution is 2.34. The van der Waals surface area contributed by atoms with Gasteiger partial charge >= 0.3 is 0 Å². The van der Waals surface area contributed by atoms with E-state index in [2.05, 4.69) is 53.2 Å². The number of hydrogen-bond acceptors (Lipinski definition) is 5. The molecule has 1 fully saturated rings. The normalized spacial score (nSPS) is 16.1. The van der Waals surface area contributed by atoms with E-state index in [1.807, 2.05) is 12.1 Å². The van der Waals surface area contributed by atoms with Gasteiger partial charge in [0.1, 0.15) is 11.5 Å². The number of carbonyl (C=O) groups is 2. The van der Waals surface area contributed by atoms with Crippen molar-refractivity contribution in [2.45, 2.75) is 45.2 Å². The number of anilines is 1. The van der Waals surface area contributed by atoms with E-state index in [0.717, 1.165) is 16.5 Å². The van der Waals surface area contributed by atoms with E-state index in [0.29, 0.717) is 42.7 Å². The number of nitrogens with zero attached hydrogens (tertiary/aromatic N) is 4. The highest BCUT2D eigenvalue weighted by molar-refractivity contribution is 6.32. The first kappa shape index (κ1) is 25.1. The van der Waals surface area contributed by atoms with Crippen molar-refractivity contribution in [2.75, 3.05) is 18.4 Å². The zero-order chi connectivity index (χ0) is 25.5. The Labute approximate surface area is 213 Å². The van der Waals surface area contributed by atoms with E-state index < -0.39 is 0 Å². The molecule has 1 saturated heterocycles. The number of aromatic amines is 1. The number of fused-ring (bicyclic) bond motifs is 1. The van der Waals surface area contributed by atoms with Gasteiger partial charge in [0.05, 0.1) is 12.1 Å². The molecule has 2 aromatic heterocycles. The Kier molecular flexibility index (Phi) is 6.83. The minimum Gasteiger partial charge on any atom is -0.361 e. The quantitative estimate of drug-likeness (QED) is 0.427. The van der Waals surface area contributed by atoms with Crippen LogP contribution >= 0.6 is 23.2 Å². The predicted molar refractivity (Wildman–Crippen MR) is 138 cm³/mol. The second-order valence-electron chi connectivity index (χ2n) is 9.73. The molecule has 35 heavy (non-hydrogen) atoms. The molecule has 0 saturated carbocycles. The van der Waals surface area contributed by atoms with E-state index in [1.54, 1.807) is 16.5 Å². The number of rotatable bonds is 6. The van der Waals surface area contributed by atoms with E-state index in [1.165, 1.54) is 6.08 Å². The minimum atomic E-state index is -0.330. The maximum atomic E-state index is 12.9. The Hall–Kier alpha value is -3.04. The molecule has 9 nitrogen and oxygen atoms in total. The van der Waals surface area contributed by atoms with Gasteiger partial charge in [-0.3, -0.25) is 14.7 Å². The second kappa shape index (κ2) is 9.54. The van der Waals surface area contributed by atoms with Gasteiger partial charge in [-0.25, -0.2) is 4.98 Å². The number of carbonyl (C=O) groups excluding carboxylic acids is 2. The molecule has 1 aromatic carbocycles. The molecule has 3 N–H and O–H groups in total. The average Bonchev–Trinajstić information content (AvgIpc) is 3.48. The molecule has 1 aliphatic rings. The first-order chi connectivity index (χ1) is 16.5. The topological polar surface area (TPSA) is 108 Å². The third-order valence-electron chi connectivity index (χ3n) is 6.24. The summed E-state index contributed by atoms with van der Waals surface area (Å²) in [5.74, 6) is 0.765. The molecular weight excluding hydrogens is 489 g/mol.